The van der Waals surface area contributed by atoms with Gasteiger partial charge >= 0.3 is 5.97 Å². The number of aryl methyl sites for hydroxylation is 5. The van der Waals surface area contributed by atoms with Crippen LogP contribution in [-0.4, -0.2) is 59.6 Å². The van der Waals surface area contributed by atoms with Crippen LogP contribution >= 0.6 is 0 Å². The summed E-state index contributed by atoms with van der Waals surface area (Å²) in [7, 11) is -4.40. The van der Waals surface area contributed by atoms with Gasteiger partial charge in [-0.2, -0.15) is 4.72 Å². The van der Waals surface area contributed by atoms with Gasteiger partial charge in [0.15, 0.2) is 6.10 Å². The lowest BCUT2D eigenvalue weighted by molar-refractivity contribution is -0.151. The fraction of sp³-hybridized carbons (Fsp3) is 0.520. The van der Waals surface area contributed by atoms with Crippen molar-refractivity contribution < 1.29 is 32.7 Å². The van der Waals surface area contributed by atoms with Crippen molar-refractivity contribution in [3.8, 4) is 0 Å². The number of nitrogens with one attached hydrogen (secondary N) is 5. The van der Waals surface area contributed by atoms with E-state index in [-0.39, 0.29) is 42.9 Å². The molecule has 2 aromatic rings. The number of carboxylic acids is 1. The predicted octanol–water partition coefficient (Wildman–Crippen LogP) is 1.62. The van der Waals surface area contributed by atoms with Crippen molar-refractivity contribution >= 4 is 33.8 Å². The zero-order chi connectivity index (χ0) is 29.0. The highest BCUT2D eigenvalue weighted by atomic mass is 32.2. The summed E-state index contributed by atoms with van der Waals surface area (Å²) < 4.78 is 29.3. The van der Waals surface area contributed by atoms with E-state index in [0.717, 1.165) is 17.0 Å². The van der Waals surface area contributed by atoms with Crippen molar-refractivity contribution in [3.63, 3.8) is 0 Å². The van der Waals surface area contributed by atoms with Crippen LogP contribution in [0.25, 0.3) is 0 Å². The van der Waals surface area contributed by atoms with Crippen LogP contribution in [0.3, 0.4) is 0 Å². The van der Waals surface area contributed by atoms with Gasteiger partial charge in [0.05, 0.1) is 10.6 Å². The highest BCUT2D eigenvalue weighted by molar-refractivity contribution is 7.89. The van der Waals surface area contributed by atoms with Gasteiger partial charge in [0, 0.05) is 18.7 Å². The molecule has 1 aliphatic heterocycles. The Kier molecular flexibility index (Phi) is 9.48. The van der Waals surface area contributed by atoms with Gasteiger partial charge in [0.25, 0.3) is 5.91 Å². The molecule has 0 aliphatic carbocycles. The number of aromatic nitrogens is 2. The molecule has 3 rings (SSSR count). The Balaban J connectivity index is 1.80. The quantitative estimate of drug-likeness (QED) is 0.164. The van der Waals surface area contributed by atoms with Gasteiger partial charge < -0.3 is 15.4 Å². The molecule has 0 spiro atoms. The molecule has 2 amide bonds. The van der Waals surface area contributed by atoms with Crippen molar-refractivity contribution in [2.75, 3.05) is 11.9 Å². The minimum atomic E-state index is -4.40. The maximum atomic E-state index is 13.5. The van der Waals surface area contributed by atoms with Crippen molar-refractivity contribution in [3.05, 3.63) is 40.2 Å². The van der Waals surface area contributed by atoms with Gasteiger partial charge in [0.1, 0.15) is 0 Å². The zero-order valence-corrected chi connectivity index (χ0v) is 23.5. The summed E-state index contributed by atoms with van der Waals surface area (Å²) in [5.41, 5.74) is 3.48. The molecular weight excluding hydrogens is 528 g/mol. The first-order valence-electron chi connectivity index (χ1n) is 12.6. The van der Waals surface area contributed by atoms with Crippen molar-refractivity contribution in [1.29, 1.82) is 0 Å². The van der Waals surface area contributed by atoms with Gasteiger partial charge in [-0.15, -0.1) is 0 Å². The van der Waals surface area contributed by atoms with Crippen LogP contribution in [0.1, 0.15) is 60.2 Å². The second kappa shape index (κ2) is 12.2. The van der Waals surface area contributed by atoms with E-state index in [1.54, 1.807) is 32.9 Å². The fourth-order valence-corrected chi connectivity index (χ4v) is 6.34. The van der Waals surface area contributed by atoms with E-state index in [9.17, 15) is 27.9 Å². The molecule has 1 fully saturated rings. The standard InChI is InChI=1S/C25H36N6O7S/c1-14-12-15(2)21(16(3)13-14)39(36,37)31-25(23(34)35,30-22(33)19-9-11-26-38-19)10-7-6-8-20(32)29-24-27-17(4)18(5)28-24/h12-13,19,26,31H,6-11H2,1-5H3,(H,30,33)(H,34,35)(H2,27,28,29,32). The zero-order valence-electron chi connectivity index (χ0n) is 22.7. The highest BCUT2D eigenvalue weighted by Crippen LogP contribution is 2.25. The Labute approximate surface area is 227 Å². The third-order valence-electron chi connectivity index (χ3n) is 6.50. The SMILES string of the molecule is Cc1cc(C)c(S(=O)(=O)NC(CCCCC(=O)Nc2nc(C)c(C)[nH]2)(NC(=O)C2CCNO2)C(=O)O)c(C)c1. The predicted molar refractivity (Wildman–Crippen MR) is 142 cm³/mol. The molecule has 0 bridgehead atoms. The number of hydrogen-bond donors (Lipinski definition) is 6. The first-order valence-corrected chi connectivity index (χ1v) is 14.1. The Hall–Kier alpha value is -3.33. The Morgan fingerprint density at radius 1 is 1.13 bits per heavy atom. The van der Waals surface area contributed by atoms with E-state index in [1.165, 1.54) is 0 Å². The van der Waals surface area contributed by atoms with Crippen LogP contribution in [0.2, 0.25) is 0 Å². The number of H-pyrrole nitrogens is 1. The summed E-state index contributed by atoms with van der Waals surface area (Å²) in [6.07, 6.45) is -0.654. The number of hydroxylamine groups is 1. The van der Waals surface area contributed by atoms with Gasteiger partial charge in [-0.05, 0) is 71.4 Å². The van der Waals surface area contributed by atoms with Gasteiger partial charge in [-0.3, -0.25) is 19.7 Å². The van der Waals surface area contributed by atoms with Crippen LogP contribution in [0.15, 0.2) is 17.0 Å². The average molecular weight is 565 g/mol. The molecule has 13 nitrogen and oxygen atoms in total. The lowest BCUT2D eigenvalue weighted by atomic mass is 10.0. The Bertz CT molecular complexity index is 1310. The van der Waals surface area contributed by atoms with Crippen LogP contribution in [0.5, 0.6) is 0 Å². The Morgan fingerprint density at radius 2 is 1.79 bits per heavy atom. The number of aliphatic carboxylic acids is 1. The molecule has 2 atom stereocenters. The lowest BCUT2D eigenvalue weighted by Gasteiger charge is -2.32. The van der Waals surface area contributed by atoms with E-state index >= 15 is 0 Å². The number of nitrogens with zero attached hydrogens (tertiary/aromatic N) is 1. The third-order valence-corrected chi connectivity index (χ3v) is 8.30. The fourth-order valence-electron chi connectivity index (χ4n) is 4.58. The summed E-state index contributed by atoms with van der Waals surface area (Å²) in [4.78, 5) is 50.1. The monoisotopic (exact) mass is 564 g/mol. The smallest absolute Gasteiger partial charge is 0.345 e. The van der Waals surface area contributed by atoms with Crippen LogP contribution < -0.4 is 20.8 Å². The first kappa shape index (κ1) is 30.2. The number of imidazole rings is 1. The number of anilines is 1. The number of carboxylic acid groups (broad SMARTS) is 1. The maximum Gasteiger partial charge on any atom is 0.345 e. The molecule has 214 valence electrons. The van der Waals surface area contributed by atoms with E-state index in [1.807, 2.05) is 13.8 Å². The second-order valence-corrected chi connectivity index (χ2v) is 11.5. The number of sulfonamides is 1. The van der Waals surface area contributed by atoms with Gasteiger partial charge in [0.2, 0.25) is 27.5 Å². The molecule has 6 N–H and O–H groups in total. The van der Waals surface area contributed by atoms with Crippen LogP contribution in [0, 0.1) is 34.6 Å². The number of carbonyl (C=O) groups is 3. The maximum absolute atomic E-state index is 13.5. The van der Waals surface area contributed by atoms with Crippen molar-refractivity contribution in [2.24, 2.45) is 0 Å². The topological polar surface area (TPSA) is 192 Å². The van der Waals surface area contributed by atoms with Gasteiger partial charge in [-0.25, -0.2) is 23.7 Å². The first-order chi connectivity index (χ1) is 18.2. The molecule has 2 unspecified atom stereocenters. The number of hydrogen-bond acceptors (Lipinski definition) is 8. The van der Waals surface area contributed by atoms with Gasteiger partial charge in [-0.1, -0.05) is 17.7 Å². The normalized spacial score (nSPS) is 17.0. The number of rotatable bonds is 12. The van der Waals surface area contributed by atoms with Crippen molar-refractivity contribution in [2.45, 2.75) is 83.4 Å². The number of amides is 2. The number of carbonyl (C=O) groups excluding carboxylic acids is 2. The Morgan fingerprint density at radius 3 is 2.33 bits per heavy atom. The van der Waals surface area contributed by atoms with E-state index in [0.29, 0.717) is 23.6 Å². The molecule has 14 heteroatoms. The number of unbranched alkanes of at least 4 members (excludes halogenated alkanes) is 1. The molecule has 1 aromatic heterocycles. The third kappa shape index (κ3) is 7.41. The molecule has 0 saturated carbocycles. The van der Waals surface area contributed by atoms with E-state index in [4.69, 9.17) is 4.84 Å². The van der Waals surface area contributed by atoms with Crippen LogP contribution in [0.4, 0.5) is 5.95 Å². The molecule has 1 aromatic carbocycles. The lowest BCUT2D eigenvalue weighted by Crippen LogP contribution is -2.66. The summed E-state index contributed by atoms with van der Waals surface area (Å²) in [6, 6.07) is 3.36. The molecule has 2 heterocycles. The molecule has 0 radical (unpaired) electrons. The van der Waals surface area contributed by atoms with Crippen molar-refractivity contribution in [1.82, 2.24) is 25.5 Å². The summed E-state index contributed by atoms with van der Waals surface area (Å²) in [5, 5.41) is 15.3. The summed E-state index contributed by atoms with van der Waals surface area (Å²) in [6.45, 7) is 9.07. The largest absolute Gasteiger partial charge is 0.478 e. The minimum Gasteiger partial charge on any atom is -0.478 e. The average Bonchev–Trinajstić information content (AvgIpc) is 3.45. The van der Waals surface area contributed by atoms with E-state index < -0.39 is 33.7 Å². The summed E-state index contributed by atoms with van der Waals surface area (Å²) >= 11 is 0. The minimum absolute atomic E-state index is 0.0288. The molecule has 39 heavy (non-hydrogen) atoms. The highest BCUT2D eigenvalue weighted by Gasteiger charge is 2.45. The number of benzene rings is 1. The summed E-state index contributed by atoms with van der Waals surface area (Å²) in [5.74, 6) is -2.39. The molecular formula is C25H36N6O7S. The number of aromatic amines is 1. The second-order valence-electron chi connectivity index (χ2n) is 9.87. The molecule has 1 aliphatic rings. The van der Waals surface area contributed by atoms with E-state index in [2.05, 4.69) is 30.8 Å². The van der Waals surface area contributed by atoms with Crippen LogP contribution in [-0.2, 0) is 29.2 Å². The molecule has 1 saturated heterocycles.